The van der Waals surface area contributed by atoms with E-state index in [9.17, 15) is 0 Å². The van der Waals surface area contributed by atoms with Crippen LogP contribution in [0.15, 0.2) is 12.4 Å². The molecule has 1 saturated heterocycles. The molecule has 3 nitrogen and oxygen atoms in total. The van der Waals surface area contributed by atoms with Crippen LogP contribution in [-0.4, -0.2) is 16.1 Å². The minimum absolute atomic E-state index is 0.109. The highest BCUT2D eigenvalue weighted by molar-refractivity contribution is 5.12. The Labute approximate surface area is 85.5 Å². The van der Waals surface area contributed by atoms with Crippen LogP contribution in [0.2, 0.25) is 0 Å². The molecule has 1 fully saturated rings. The minimum Gasteiger partial charge on any atom is -0.336 e. The molecule has 14 heavy (non-hydrogen) atoms. The monoisotopic (exact) mass is 193 g/mol. The van der Waals surface area contributed by atoms with Crippen LogP contribution < -0.4 is 5.32 Å². The first-order chi connectivity index (χ1) is 6.67. The molecule has 1 N–H and O–H groups in total. The highest BCUT2D eigenvalue weighted by atomic mass is 15.1. The average molecular weight is 193 g/mol. The van der Waals surface area contributed by atoms with E-state index in [2.05, 4.69) is 35.8 Å². The highest BCUT2D eigenvalue weighted by Crippen LogP contribution is 2.36. The van der Waals surface area contributed by atoms with E-state index in [0.717, 1.165) is 6.54 Å². The number of nitrogens with zero attached hydrogens (tertiary/aromatic N) is 2. The lowest BCUT2D eigenvalue weighted by Gasteiger charge is -2.33. The SMILES string of the molecule is CC(C)C1(c2nccn2C)CCCN1. The molecule has 1 aromatic rings. The summed E-state index contributed by atoms with van der Waals surface area (Å²) in [6, 6.07) is 0. The predicted octanol–water partition coefficient (Wildman–Crippen LogP) is 1.65. The number of imidazole rings is 1. The molecule has 2 heterocycles. The molecule has 1 aromatic heterocycles. The van der Waals surface area contributed by atoms with Gasteiger partial charge in [-0.25, -0.2) is 4.98 Å². The van der Waals surface area contributed by atoms with Crippen molar-refractivity contribution in [2.24, 2.45) is 13.0 Å². The summed E-state index contributed by atoms with van der Waals surface area (Å²) in [6.45, 7) is 5.66. The number of rotatable bonds is 2. The Bertz CT molecular complexity index is 308. The molecule has 0 radical (unpaired) electrons. The molecule has 0 amide bonds. The van der Waals surface area contributed by atoms with Crippen molar-refractivity contribution in [1.29, 1.82) is 0 Å². The number of aromatic nitrogens is 2. The summed E-state index contributed by atoms with van der Waals surface area (Å²) < 4.78 is 2.14. The van der Waals surface area contributed by atoms with Crippen LogP contribution in [0.4, 0.5) is 0 Å². The first-order valence-electron chi connectivity index (χ1n) is 5.39. The van der Waals surface area contributed by atoms with Gasteiger partial charge < -0.3 is 9.88 Å². The zero-order valence-corrected chi connectivity index (χ0v) is 9.25. The quantitative estimate of drug-likeness (QED) is 0.774. The van der Waals surface area contributed by atoms with E-state index in [4.69, 9.17) is 0 Å². The fourth-order valence-electron chi connectivity index (χ4n) is 2.50. The second kappa shape index (κ2) is 3.39. The fraction of sp³-hybridized carbons (Fsp3) is 0.727. The molecule has 0 bridgehead atoms. The molecule has 1 aliphatic rings. The van der Waals surface area contributed by atoms with E-state index in [-0.39, 0.29) is 5.54 Å². The van der Waals surface area contributed by atoms with E-state index < -0.39 is 0 Å². The molecule has 1 aliphatic heterocycles. The minimum atomic E-state index is 0.109. The molecule has 0 aromatic carbocycles. The van der Waals surface area contributed by atoms with Gasteiger partial charge in [0.05, 0.1) is 5.54 Å². The summed E-state index contributed by atoms with van der Waals surface area (Å²) in [5.74, 6) is 1.77. The molecular formula is C11H19N3. The number of hydrogen-bond donors (Lipinski definition) is 1. The maximum Gasteiger partial charge on any atom is 0.129 e. The van der Waals surface area contributed by atoms with Crippen molar-refractivity contribution in [1.82, 2.24) is 14.9 Å². The van der Waals surface area contributed by atoms with E-state index in [1.165, 1.54) is 18.7 Å². The third kappa shape index (κ3) is 1.27. The Balaban J connectivity index is 2.41. The van der Waals surface area contributed by atoms with Crippen molar-refractivity contribution in [3.63, 3.8) is 0 Å². The average Bonchev–Trinajstić information content (AvgIpc) is 2.72. The first-order valence-corrected chi connectivity index (χ1v) is 5.39. The lowest BCUT2D eigenvalue weighted by molar-refractivity contribution is 0.254. The van der Waals surface area contributed by atoms with Crippen LogP contribution in [0.3, 0.4) is 0 Å². The van der Waals surface area contributed by atoms with Gasteiger partial charge in [0.2, 0.25) is 0 Å². The van der Waals surface area contributed by atoms with Crippen LogP contribution in [0, 0.1) is 5.92 Å². The Morgan fingerprint density at radius 3 is 2.79 bits per heavy atom. The summed E-state index contributed by atoms with van der Waals surface area (Å²) in [5, 5.41) is 3.63. The van der Waals surface area contributed by atoms with Gasteiger partial charge in [-0.3, -0.25) is 0 Å². The van der Waals surface area contributed by atoms with Crippen LogP contribution in [0.25, 0.3) is 0 Å². The summed E-state index contributed by atoms with van der Waals surface area (Å²) >= 11 is 0. The van der Waals surface area contributed by atoms with Crippen LogP contribution in [0.1, 0.15) is 32.5 Å². The van der Waals surface area contributed by atoms with Crippen molar-refractivity contribution in [2.45, 2.75) is 32.2 Å². The van der Waals surface area contributed by atoms with Gasteiger partial charge in [-0.1, -0.05) is 13.8 Å². The fourth-order valence-corrected chi connectivity index (χ4v) is 2.50. The third-order valence-corrected chi connectivity index (χ3v) is 3.39. The van der Waals surface area contributed by atoms with Gasteiger partial charge in [-0.15, -0.1) is 0 Å². The smallest absolute Gasteiger partial charge is 0.129 e. The first kappa shape index (κ1) is 9.71. The zero-order valence-electron chi connectivity index (χ0n) is 9.25. The summed E-state index contributed by atoms with van der Waals surface area (Å²) in [7, 11) is 2.08. The Morgan fingerprint density at radius 1 is 1.57 bits per heavy atom. The number of hydrogen-bond acceptors (Lipinski definition) is 2. The Kier molecular flexibility index (Phi) is 2.35. The molecule has 0 spiro atoms. The third-order valence-electron chi connectivity index (χ3n) is 3.39. The second-order valence-electron chi connectivity index (χ2n) is 4.52. The van der Waals surface area contributed by atoms with E-state index in [1.807, 2.05) is 12.4 Å². The normalized spacial score (nSPS) is 27.4. The molecule has 2 rings (SSSR count). The van der Waals surface area contributed by atoms with Crippen LogP contribution in [-0.2, 0) is 12.6 Å². The Hall–Kier alpha value is -0.830. The summed E-state index contributed by atoms with van der Waals surface area (Å²) in [6.07, 6.45) is 6.37. The molecule has 0 saturated carbocycles. The van der Waals surface area contributed by atoms with Gasteiger partial charge in [-0.2, -0.15) is 0 Å². The zero-order chi connectivity index (χ0) is 10.2. The molecule has 3 heteroatoms. The molecule has 78 valence electrons. The van der Waals surface area contributed by atoms with Crippen LogP contribution >= 0.6 is 0 Å². The highest BCUT2D eigenvalue weighted by Gasteiger charge is 2.41. The van der Waals surface area contributed by atoms with Gasteiger partial charge >= 0.3 is 0 Å². The number of nitrogens with one attached hydrogen (secondary N) is 1. The Morgan fingerprint density at radius 2 is 2.36 bits per heavy atom. The van der Waals surface area contributed by atoms with Gasteiger partial charge in [-0.05, 0) is 25.3 Å². The second-order valence-corrected chi connectivity index (χ2v) is 4.52. The van der Waals surface area contributed by atoms with E-state index >= 15 is 0 Å². The van der Waals surface area contributed by atoms with E-state index in [1.54, 1.807) is 0 Å². The summed E-state index contributed by atoms with van der Waals surface area (Å²) in [4.78, 5) is 4.49. The van der Waals surface area contributed by atoms with Crippen LogP contribution in [0.5, 0.6) is 0 Å². The predicted molar refractivity (Wildman–Crippen MR) is 57.0 cm³/mol. The maximum atomic E-state index is 4.49. The molecule has 1 atom stereocenters. The van der Waals surface area contributed by atoms with Crippen molar-refractivity contribution >= 4 is 0 Å². The maximum absolute atomic E-state index is 4.49. The van der Waals surface area contributed by atoms with Gasteiger partial charge in [0.15, 0.2) is 0 Å². The molecule has 1 unspecified atom stereocenters. The molecular weight excluding hydrogens is 174 g/mol. The standard InChI is InChI=1S/C11H19N3/c1-9(2)11(5-4-6-13-11)10-12-7-8-14(10)3/h7-9,13H,4-6H2,1-3H3. The van der Waals surface area contributed by atoms with E-state index in [0.29, 0.717) is 5.92 Å². The van der Waals surface area contributed by atoms with Crippen molar-refractivity contribution in [3.05, 3.63) is 18.2 Å². The summed E-state index contributed by atoms with van der Waals surface area (Å²) in [5.41, 5.74) is 0.109. The largest absolute Gasteiger partial charge is 0.336 e. The van der Waals surface area contributed by atoms with Gasteiger partial charge in [0.1, 0.15) is 5.82 Å². The lowest BCUT2D eigenvalue weighted by atomic mass is 9.84. The lowest BCUT2D eigenvalue weighted by Crippen LogP contribution is -2.43. The molecule has 0 aliphatic carbocycles. The van der Waals surface area contributed by atoms with Crippen molar-refractivity contribution in [3.8, 4) is 0 Å². The van der Waals surface area contributed by atoms with Gasteiger partial charge in [0, 0.05) is 19.4 Å². The topological polar surface area (TPSA) is 29.9 Å². The number of aryl methyl sites for hydroxylation is 1. The van der Waals surface area contributed by atoms with Gasteiger partial charge in [0.25, 0.3) is 0 Å². The van der Waals surface area contributed by atoms with Crippen molar-refractivity contribution in [2.75, 3.05) is 6.54 Å². The van der Waals surface area contributed by atoms with Crippen molar-refractivity contribution < 1.29 is 0 Å².